The van der Waals surface area contributed by atoms with Crippen molar-refractivity contribution in [3.8, 4) is 5.75 Å². The van der Waals surface area contributed by atoms with Crippen molar-refractivity contribution in [1.29, 1.82) is 0 Å². The molecule has 1 aliphatic heterocycles. The molecular weight excluding hydrogens is 378 g/mol. The molecule has 1 saturated heterocycles. The highest BCUT2D eigenvalue weighted by molar-refractivity contribution is 5.92. The van der Waals surface area contributed by atoms with E-state index in [0.717, 1.165) is 41.5 Å². The van der Waals surface area contributed by atoms with Gasteiger partial charge in [-0.2, -0.15) is 5.10 Å². The molecule has 0 radical (unpaired) electrons. The minimum absolute atomic E-state index is 0.0648. The van der Waals surface area contributed by atoms with Crippen molar-refractivity contribution < 1.29 is 9.53 Å². The lowest BCUT2D eigenvalue weighted by Crippen LogP contribution is -2.18. The summed E-state index contributed by atoms with van der Waals surface area (Å²) in [6.45, 7) is 2.13. The number of carbonyl (C=O) groups excluding carboxylic acids is 1. The van der Waals surface area contributed by atoms with Gasteiger partial charge in [-0.15, -0.1) is 5.10 Å². The van der Waals surface area contributed by atoms with Gasteiger partial charge in [-0.25, -0.2) is 0 Å². The SMILES string of the molecule is COc1ccc(CC(=O)Nc2ccc(Nc3cc(N4CCCC4)cnn3)cc2)cc1. The number of anilines is 4. The molecule has 2 heterocycles. The van der Waals surface area contributed by atoms with Crippen LogP contribution in [-0.4, -0.2) is 36.3 Å². The van der Waals surface area contributed by atoms with Crippen LogP contribution in [-0.2, 0) is 11.2 Å². The van der Waals surface area contributed by atoms with Crippen molar-refractivity contribution >= 4 is 28.8 Å². The normalized spacial score (nSPS) is 13.2. The molecule has 0 unspecified atom stereocenters. The number of amides is 1. The average Bonchev–Trinajstić information content (AvgIpc) is 3.31. The monoisotopic (exact) mass is 403 g/mol. The third-order valence-electron chi connectivity index (χ3n) is 5.08. The first-order valence-corrected chi connectivity index (χ1v) is 10.1. The molecule has 4 rings (SSSR count). The average molecular weight is 403 g/mol. The van der Waals surface area contributed by atoms with Crippen molar-refractivity contribution in [2.75, 3.05) is 35.7 Å². The van der Waals surface area contributed by atoms with Crippen LogP contribution in [0.2, 0.25) is 0 Å². The fraction of sp³-hybridized carbons (Fsp3) is 0.261. The Morgan fingerprint density at radius 1 is 1.03 bits per heavy atom. The topological polar surface area (TPSA) is 79.4 Å². The van der Waals surface area contributed by atoms with E-state index in [1.165, 1.54) is 12.8 Å². The van der Waals surface area contributed by atoms with E-state index in [9.17, 15) is 4.79 Å². The van der Waals surface area contributed by atoms with Crippen LogP contribution in [0.3, 0.4) is 0 Å². The molecule has 0 atom stereocenters. The number of methoxy groups -OCH3 is 1. The minimum Gasteiger partial charge on any atom is -0.497 e. The van der Waals surface area contributed by atoms with Gasteiger partial charge in [0.15, 0.2) is 5.82 Å². The van der Waals surface area contributed by atoms with Crippen molar-refractivity contribution in [1.82, 2.24) is 10.2 Å². The molecule has 7 nitrogen and oxygen atoms in total. The van der Waals surface area contributed by atoms with E-state index in [2.05, 4.69) is 25.7 Å². The Kier molecular flexibility index (Phi) is 6.08. The zero-order valence-electron chi connectivity index (χ0n) is 17.0. The third kappa shape index (κ3) is 5.05. The van der Waals surface area contributed by atoms with E-state index in [1.807, 2.05) is 54.6 Å². The second-order valence-electron chi connectivity index (χ2n) is 7.27. The number of hydrogen-bond donors (Lipinski definition) is 2. The van der Waals surface area contributed by atoms with Crippen molar-refractivity contribution in [3.63, 3.8) is 0 Å². The number of nitrogens with zero attached hydrogens (tertiary/aromatic N) is 3. The summed E-state index contributed by atoms with van der Waals surface area (Å²) in [7, 11) is 1.62. The summed E-state index contributed by atoms with van der Waals surface area (Å²) in [6, 6.07) is 17.1. The van der Waals surface area contributed by atoms with Gasteiger partial charge in [0, 0.05) is 30.5 Å². The van der Waals surface area contributed by atoms with E-state index in [4.69, 9.17) is 4.74 Å². The molecule has 1 amide bonds. The molecule has 0 bridgehead atoms. The molecule has 2 aromatic carbocycles. The molecule has 1 aromatic heterocycles. The fourth-order valence-corrected chi connectivity index (χ4v) is 3.48. The van der Waals surface area contributed by atoms with Crippen LogP contribution in [0.4, 0.5) is 22.9 Å². The summed E-state index contributed by atoms with van der Waals surface area (Å²) < 4.78 is 5.14. The number of carbonyl (C=O) groups is 1. The summed E-state index contributed by atoms with van der Waals surface area (Å²) in [6.07, 6.45) is 4.55. The molecule has 2 N–H and O–H groups in total. The maximum absolute atomic E-state index is 12.3. The lowest BCUT2D eigenvalue weighted by Gasteiger charge is -2.17. The van der Waals surface area contributed by atoms with Crippen LogP contribution < -0.4 is 20.3 Å². The number of benzene rings is 2. The van der Waals surface area contributed by atoms with E-state index < -0.39 is 0 Å². The molecule has 1 fully saturated rings. The van der Waals surface area contributed by atoms with E-state index in [0.29, 0.717) is 12.2 Å². The number of aromatic nitrogens is 2. The van der Waals surface area contributed by atoms with E-state index >= 15 is 0 Å². The lowest BCUT2D eigenvalue weighted by atomic mass is 10.1. The molecule has 0 spiro atoms. The Morgan fingerprint density at radius 3 is 2.43 bits per heavy atom. The molecule has 0 saturated carbocycles. The highest BCUT2D eigenvalue weighted by atomic mass is 16.5. The van der Waals surface area contributed by atoms with Crippen LogP contribution >= 0.6 is 0 Å². The molecule has 154 valence electrons. The van der Waals surface area contributed by atoms with Gasteiger partial charge < -0.3 is 20.3 Å². The van der Waals surface area contributed by atoms with Gasteiger partial charge in [0.05, 0.1) is 25.4 Å². The van der Waals surface area contributed by atoms with Crippen LogP contribution in [0.5, 0.6) is 5.75 Å². The van der Waals surface area contributed by atoms with Gasteiger partial charge in [-0.3, -0.25) is 4.79 Å². The highest BCUT2D eigenvalue weighted by Gasteiger charge is 2.13. The molecule has 1 aliphatic rings. The summed E-state index contributed by atoms with van der Waals surface area (Å²) in [5.74, 6) is 1.42. The van der Waals surface area contributed by atoms with Gasteiger partial charge in [0.2, 0.25) is 5.91 Å². The molecule has 30 heavy (non-hydrogen) atoms. The van der Waals surface area contributed by atoms with Gasteiger partial charge in [-0.1, -0.05) is 12.1 Å². The number of nitrogens with one attached hydrogen (secondary N) is 2. The summed E-state index contributed by atoms with van der Waals surface area (Å²) in [5.41, 5.74) is 3.66. The largest absolute Gasteiger partial charge is 0.497 e. The van der Waals surface area contributed by atoms with Crippen LogP contribution in [0, 0.1) is 0 Å². The van der Waals surface area contributed by atoms with Gasteiger partial charge in [0.1, 0.15) is 5.75 Å². The van der Waals surface area contributed by atoms with Gasteiger partial charge in [0.25, 0.3) is 0 Å². The van der Waals surface area contributed by atoms with Crippen LogP contribution in [0.15, 0.2) is 60.8 Å². The Hall–Kier alpha value is -3.61. The molecular formula is C23H25N5O2. The maximum Gasteiger partial charge on any atom is 0.228 e. The lowest BCUT2D eigenvalue weighted by molar-refractivity contribution is -0.115. The number of rotatable bonds is 7. The van der Waals surface area contributed by atoms with E-state index in [-0.39, 0.29) is 5.91 Å². The standard InChI is InChI=1S/C23H25N5O2/c1-30-21-10-4-17(5-11-21)14-23(29)26-19-8-6-18(7-9-19)25-22-15-20(16-24-27-22)28-12-2-3-13-28/h4-11,15-16H,2-3,12-14H2,1H3,(H,25,27)(H,26,29). The Balaban J connectivity index is 1.33. The van der Waals surface area contributed by atoms with Gasteiger partial charge in [-0.05, 0) is 54.8 Å². The maximum atomic E-state index is 12.3. The van der Waals surface area contributed by atoms with E-state index in [1.54, 1.807) is 13.3 Å². The first kappa shape index (κ1) is 19.7. The smallest absolute Gasteiger partial charge is 0.228 e. The highest BCUT2D eigenvalue weighted by Crippen LogP contribution is 2.23. The first-order valence-electron chi connectivity index (χ1n) is 10.1. The van der Waals surface area contributed by atoms with Crippen LogP contribution in [0.1, 0.15) is 18.4 Å². The second-order valence-corrected chi connectivity index (χ2v) is 7.27. The summed E-state index contributed by atoms with van der Waals surface area (Å²) in [4.78, 5) is 14.6. The quantitative estimate of drug-likeness (QED) is 0.621. The summed E-state index contributed by atoms with van der Waals surface area (Å²) >= 11 is 0. The van der Waals surface area contributed by atoms with Crippen LogP contribution in [0.25, 0.3) is 0 Å². The zero-order valence-corrected chi connectivity index (χ0v) is 17.0. The minimum atomic E-state index is -0.0648. The summed E-state index contributed by atoms with van der Waals surface area (Å²) in [5, 5.41) is 14.5. The second kappa shape index (κ2) is 9.26. The predicted molar refractivity (Wildman–Crippen MR) is 119 cm³/mol. The van der Waals surface area contributed by atoms with Crippen molar-refractivity contribution in [2.24, 2.45) is 0 Å². The number of hydrogen-bond acceptors (Lipinski definition) is 6. The molecule has 3 aromatic rings. The predicted octanol–water partition coefficient (Wildman–Crippen LogP) is 4.01. The molecule has 7 heteroatoms. The zero-order chi connectivity index (χ0) is 20.8. The Morgan fingerprint density at radius 2 is 1.73 bits per heavy atom. The van der Waals surface area contributed by atoms with Crippen molar-refractivity contribution in [3.05, 3.63) is 66.4 Å². The fourth-order valence-electron chi connectivity index (χ4n) is 3.48. The Labute approximate surface area is 176 Å². The first-order chi connectivity index (χ1) is 14.7. The third-order valence-corrected chi connectivity index (χ3v) is 5.08. The Bertz CT molecular complexity index is 983. The number of ether oxygens (including phenoxy) is 1. The molecule has 0 aliphatic carbocycles. The van der Waals surface area contributed by atoms with Gasteiger partial charge >= 0.3 is 0 Å². The van der Waals surface area contributed by atoms with Crippen molar-refractivity contribution in [2.45, 2.75) is 19.3 Å².